The Balaban J connectivity index is 1.92. The van der Waals surface area contributed by atoms with Gasteiger partial charge in [-0.2, -0.15) is 0 Å². The first-order valence-electron chi connectivity index (χ1n) is 8.63. The molecule has 0 saturated carbocycles. The Morgan fingerprint density at radius 1 is 1.12 bits per heavy atom. The van der Waals surface area contributed by atoms with E-state index in [0.29, 0.717) is 17.8 Å². The average Bonchev–Trinajstić information content (AvgIpc) is 2.64. The highest BCUT2D eigenvalue weighted by molar-refractivity contribution is 6.07. The van der Waals surface area contributed by atoms with Crippen LogP contribution in [0.3, 0.4) is 0 Å². The van der Waals surface area contributed by atoms with Gasteiger partial charge in [0.25, 0.3) is 5.91 Å². The van der Waals surface area contributed by atoms with Gasteiger partial charge in [0.2, 0.25) is 0 Å². The molecule has 0 saturated heterocycles. The predicted molar refractivity (Wildman–Crippen MR) is 103 cm³/mol. The lowest BCUT2D eigenvalue weighted by atomic mass is 10.0. The number of halogens is 1. The number of carbonyl (C=O) groups is 1. The second-order valence-corrected chi connectivity index (χ2v) is 6.49. The van der Waals surface area contributed by atoms with Gasteiger partial charge in [0, 0.05) is 17.5 Å². The summed E-state index contributed by atoms with van der Waals surface area (Å²) in [6.45, 7) is 1.53. The molecule has 4 nitrogen and oxygen atoms in total. The number of fused-ring (bicyclic) bond motifs is 1. The number of aromatic nitrogens is 1. The van der Waals surface area contributed by atoms with E-state index < -0.39 is 0 Å². The zero-order valence-corrected chi connectivity index (χ0v) is 15.0. The van der Waals surface area contributed by atoms with Crippen molar-refractivity contribution in [1.29, 1.82) is 0 Å². The summed E-state index contributed by atoms with van der Waals surface area (Å²) >= 11 is 0. The third-order valence-electron chi connectivity index (χ3n) is 4.17. The Morgan fingerprint density at radius 2 is 1.85 bits per heavy atom. The number of benzene rings is 2. The van der Waals surface area contributed by atoms with Crippen molar-refractivity contribution in [2.75, 3.05) is 27.2 Å². The first-order chi connectivity index (χ1) is 12.5. The molecule has 26 heavy (non-hydrogen) atoms. The molecule has 1 aromatic heterocycles. The number of para-hydroxylation sites is 1. The first-order valence-corrected chi connectivity index (χ1v) is 8.63. The van der Waals surface area contributed by atoms with Gasteiger partial charge in [0.15, 0.2) is 0 Å². The number of nitrogens with zero attached hydrogens (tertiary/aromatic N) is 2. The van der Waals surface area contributed by atoms with Crippen LogP contribution >= 0.6 is 0 Å². The number of rotatable bonds is 6. The minimum atomic E-state index is -0.298. The first kappa shape index (κ1) is 18.0. The van der Waals surface area contributed by atoms with Crippen molar-refractivity contribution in [3.05, 3.63) is 66.0 Å². The zero-order chi connectivity index (χ0) is 18.5. The molecule has 1 N–H and O–H groups in total. The van der Waals surface area contributed by atoms with Crippen molar-refractivity contribution in [3.63, 3.8) is 0 Å². The van der Waals surface area contributed by atoms with Gasteiger partial charge >= 0.3 is 0 Å². The second kappa shape index (κ2) is 8.06. The largest absolute Gasteiger partial charge is 0.352 e. The van der Waals surface area contributed by atoms with Gasteiger partial charge in [-0.15, -0.1) is 0 Å². The maximum Gasteiger partial charge on any atom is 0.252 e. The van der Waals surface area contributed by atoms with E-state index in [4.69, 9.17) is 0 Å². The van der Waals surface area contributed by atoms with Crippen molar-refractivity contribution >= 4 is 16.8 Å². The van der Waals surface area contributed by atoms with Crippen LogP contribution in [0.4, 0.5) is 4.39 Å². The Labute approximate surface area is 152 Å². The number of amides is 1. The summed E-state index contributed by atoms with van der Waals surface area (Å²) < 4.78 is 13.2. The third kappa shape index (κ3) is 4.24. The average molecular weight is 351 g/mol. The van der Waals surface area contributed by atoms with Gasteiger partial charge in [-0.1, -0.05) is 18.2 Å². The number of hydrogen-bond acceptors (Lipinski definition) is 3. The molecule has 0 spiro atoms. The second-order valence-electron chi connectivity index (χ2n) is 6.49. The van der Waals surface area contributed by atoms with Gasteiger partial charge in [0.1, 0.15) is 5.82 Å². The fraction of sp³-hybridized carbons (Fsp3) is 0.238. The molecule has 0 fully saturated rings. The minimum absolute atomic E-state index is 0.120. The molecule has 0 aliphatic rings. The molecule has 134 valence electrons. The molecule has 2 aromatic carbocycles. The van der Waals surface area contributed by atoms with E-state index >= 15 is 0 Å². The van der Waals surface area contributed by atoms with Crippen LogP contribution in [0, 0.1) is 5.82 Å². The van der Waals surface area contributed by atoms with Crippen LogP contribution in [-0.4, -0.2) is 43.0 Å². The van der Waals surface area contributed by atoms with Crippen molar-refractivity contribution in [2.24, 2.45) is 0 Å². The summed E-state index contributed by atoms with van der Waals surface area (Å²) in [4.78, 5) is 19.4. The van der Waals surface area contributed by atoms with E-state index in [9.17, 15) is 9.18 Å². The zero-order valence-electron chi connectivity index (χ0n) is 15.0. The van der Waals surface area contributed by atoms with Crippen LogP contribution < -0.4 is 5.32 Å². The monoisotopic (exact) mass is 351 g/mol. The molecule has 1 amide bonds. The van der Waals surface area contributed by atoms with Gasteiger partial charge < -0.3 is 10.2 Å². The molecular weight excluding hydrogens is 329 g/mol. The Bertz CT molecular complexity index is 907. The quantitative estimate of drug-likeness (QED) is 0.689. The van der Waals surface area contributed by atoms with Crippen molar-refractivity contribution in [2.45, 2.75) is 6.42 Å². The van der Waals surface area contributed by atoms with E-state index in [-0.39, 0.29) is 11.7 Å². The molecule has 0 aliphatic carbocycles. The van der Waals surface area contributed by atoms with Gasteiger partial charge in [-0.3, -0.25) is 4.79 Å². The molecule has 5 heteroatoms. The lowest BCUT2D eigenvalue weighted by molar-refractivity contribution is 0.0954. The molecular formula is C21H22FN3O. The smallest absolute Gasteiger partial charge is 0.252 e. The summed E-state index contributed by atoms with van der Waals surface area (Å²) in [5.41, 5.74) is 2.76. The molecule has 3 rings (SSSR count). The normalized spacial score (nSPS) is 11.1. The van der Waals surface area contributed by atoms with E-state index in [1.807, 2.05) is 38.4 Å². The molecule has 0 unspecified atom stereocenters. The van der Waals surface area contributed by atoms with E-state index in [2.05, 4.69) is 15.2 Å². The maximum atomic E-state index is 13.2. The maximum absolute atomic E-state index is 13.2. The Hall–Kier alpha value is -2.79. The SMILES string of the molecule is CN(C)CCCNC(=O)c1cc(-c2ccc(F)cc2)nc2ccccc12. The van der Waals surface area contributed by atoms with Gasteiger partial charge in [-0.25, -0.2) is 9.37 Å². The van der Waals surface area contributed by atoms with E-state index in [0.717, 1.165) is 29.4 Å². The van der Waals surface area contributed by atoms with E-state index in [1.54, 1.807) is 18.2 Å². The lowest BCUT2D eigenvalue weighted by Crippen LogP contribution is -2.27. The van der Waals surface area contributed by atoms with Crippen LogP contribution in [0.25, 0.3) is 22.2 Å². The standard InChI is InChI=1S/C21H22FN3O/c1-25(2)13-5-12-23-21(26)18-14-20(15-8-10-16(22)11-9-15)24-19-7-4-3-6-17(18)19/h3-4,6-11,14H,5,12-13H2,1-2H3,(H,23,26). The van der Waals surface area contributed by atoms with Crippen LogP contribution in [0.1, 0.15) is 16.8 Å². The van der Waals surface area contributed by atoms with Gasteiger partial charge in [0.05, 0.1) is 16.8 Å². The fourth-order valence-corrected chi connectivity index (χ4v) is 2.82. The lowest BCUT2D eigenvalue weighted by Gasteiger charge is -2.12. The highest BCUT2D eigenvalue weighted by Gasteiger charge is 2.13. The molecule has 3 aromatic rings. The van der Waals surface area contributed by atoms with Crippen LogP contribution in [-0.2, 0) is 0 Å². The van der Waals surface area contributed by atoms with E-state index in [1.165, 1.54) is 12.1 Å². The minimum Gasteiger partial charge on any atom is -0.352 e. The third-order valence-corrected chi connectivity index (χ3v) is 4.17. The highest BCUT2D eigenvalue weighted by Crippen LogP contribution is 2.25. The number of carbonyl (C=O) groups excluding carboxylic acids is 1. The molecule has 0 radical (unpaired) electrons. The summed E-state index contributed by atoms with van der Waals surface area (Å²) in [6, 6.07) is 15.5. The summed E-state index contributed by atoms with van der Waals surface area (Å²) in [5, 5.41) is 3.79. The fourth-order valence-electron chi connectivity index (χ4n) is 2.82. The highest BCUT2D eigenvalue weighted by atomic mass is 19.1. The summed E-state index contributed by atoms with van der Waals surface area (Å²) in [5.74, 6) is -0.417. The van der Waals surface area contributed by atoms with Crippen molar-refractivity contribution < 1.29 is 9.18 Å². The molecule has 1 heterocycles. The van der Waals surface area contributed by atoms with Crippen molar-refractivity contribution in [1.82, 2.24) is 15.2 Å². The molecule has 0 bridgehead atoms. The van der Waals surface area contributed by atoms with Crippen LogP contribution in [0.5, 0.6) is 0 Å². The Morgan fingerprint density at radius 3 is 2.58 bits per heavy atom. The number of pyridine rings is 1. The van der Waals surface area contributed by atoms with Gasteiger partial charge in [-0.05, 0) is 63.5 Å². The molecule has 0 atom stereocenters. The topological polar surface area (TPSA) is 45.2 Å². The predicted octanol–water partition coefficient (Wildman–Crippen LogP) is 3.72. The number of nitrogens with one attached hydrogen (secondary N) is 1. The molecule has 0 aliphatic heterocycles. The summed E-state index contributed by atoms with van der Waals surface area (Å²) in [6.07, 6.45) is 0.882. The van der Waals surface area contributed by atoms with Crippen LogP contribution in [0.2, 0.25) is 0 Å². The number of hydrogen-bond donors (Lipinski definition) is 1. The van der Waals surface area contributed by atoms with Crippen LogP contribution in [0.15, 0.2) is 54.6 Å². The Kier molecular flexibility index (Phi) is 5.58. The summed E-state index contributed by atoms with van der Waals surface area (Å²) in [7, 11) is 4.01. The van der Waals surface area contributed by atoms with Crippen molar-refractivity contribution in [3.8, 4) is 11.3 Å².